The van der Waals surface area contributed by atoms with Crippen molar-refractivity contribution < 1.29 is 0 Å². The zero-order valence-electron chi connectivity index (χ0n) is 9.92. The van der Waals surface area contributed by atoms with Crippen molar-refractivity contribution in [1.82, 2.24) is 5.32 Å². The Balaban J connectivity index is 1.61. The second-order valence-corrected chi connectivity index (χ2v) is 5.95. The molecule has 1 saturated carbocycles. The van der Waals surface area contributed by atoms with Crippen LogP contribution in [0.15, 0.2) is 36.4 Å². The Morgan fingerprint density at radius 3 is 2.71 bits per heavy atom. The maximum Gasteiger partial charge on any atom is 0.0406 e. The monoisotopic (exact) mass is 267 g/mol. The predicted octanol–water partition coefficient (Wildman–Crippen LogP) is 3.88. The van der Waals surface area contributed by atoms with Crippen molar-refractivity contribution in [2.24, 2.45) is 0 Å². The molecule has 0 unspecified atom stereocenters. The zero-order valence-corrected chi connectivity index (χ0v) is 11.5. The summed E-state index contributed by atoms with van der Waals surface area (Å²) in [4.78, 5) is 0. The van der Waals surface area contributed by atoms with E-state index in [0.717, 1.165) is 29.1 Å². The highest BCUT2D eigenvalue weighted by atomic mass is 35.5. The van der Waals surface area contributed by atoms with Gasteiger partial charge in [0.2, 0.25) is 0 Å². The van der Waals surface area contributed by atoms with Crippen molar-refractivity contribution in [3.05, 3.63) is 47.0 Å². The summed E-state index contributed by atoms with van der Waals surface area (Å²) in [5.74, 6) is 2.06. The van der Waals surface area contributed by atoms with E-state index in [2.05, 4.69) is 24.0 Å². The first-order chi connectivity index (χ1) is 8.24. The minimum atomic E-state index is 0.771. The van der Waals surface area contributed by atoms with E-state index in [1.165, 1.54) is 24.0 Å². The first-order valence-corrected chi connectivity index (χ1v) is 7.49. The van der Waals surface area contributed by atoms with Crippen molar-refractivity contribution in [3.63, 3.8) is 0 Å². The van der Waals surface area contributed by atoms with Crippen LogP contribution in [0, 0.1) is 0 Å². The summed E-state index contributed by atoms with van der Waals surface area (Å²) in [5, 5.41) is 4.28. The lowest BCUT2D eigenvalue weighted by atomic mass is 10.2. The molecule has 0 bridgehead atoms. The quantitative estimate of drug-likeness (QED) is 0.753. The summed E-state index contributed by atoms with van der Waals surface area (Å²) in [6, 6.07) is 8.83. The molecule has 0 radical (unpaired) electrons. The van der Waals surface area contributed by atoms with Gasteiger partial charge < -0.3 is 5.32 Å². The van der Waals surface area contributed by atoms with Crippen molar-refractivity contribution in [2.75, 3.05) is 12.3 Å². The van der Waals surface area contributed by atoms with E-state index in [4.69, 9.17) is 11.6 Å². The molecule has 1 aliphatic rings. The number of hydrogen-bond acceptors (Lipinski definition) is 2. The molecule has 92 valence electrons. The highest BCUT2D eigenvalue weighted by Crippen LogP contribution is 2.20. The maximum absolute atomic E-state index is 5.84. The Hall–Kier alpha value is -0.440. The van der Waals surface area contributed by atoms with Crippen LogP contribution in [0.25, 0.3) is 0 Å². The third kappa shape index (κ3) is 5.15. The Bertz CT molecular complexity index is 370. The van der Waals surface area contributed by atoms with Gasteiger partial charge in [-0.2, -0.15) is 11.8 Å². The van der Waals surface area contributed by atoms with Gasteiger partial charge in [0.25, 0.3) is 0 Å². The van der Waals surface area contributed by atoms with Gasteiger partial charge in [0.15, 0.2) is 0 Å². The van der Waals surface area contributed by atoms with Gasteiger partial charge in [-0.1, -0.05) is 35.9 Å². The average molecular weight is 268 g/mol. The van der Waals surface area contributed by atoms with Gasteiger partial charge in [0, 0.05) is 29.1 Å². The van der Waals surface area contributed by atoms with Crippen LogP contribution in [0.3, 0.4) is 0 Å². The third-order valence-corrected chi connectivity index (χ3v) is 4.11. The van der Waals surface area contributed by atoms with Crippen LogP contribution in [0.5, 0.6) is 0 Å². The molecule has 0 saturated heterocycles. The molecule has 1 fully saturated rings. The normalized spacial score (nSPS) is 14.9. The van der Waals surface area contributed by atoms with Gasteiger partial charge >= 0.3 is 0 Å². The molecule has 1 aromatic rings. The molecule has 0 spiro atoms. The highest BCUT2D eigenvalue weighted by Gasteiger charge is 2.19. The number of nitrogens with one attached hydrogen (secondary N) is 1. The smallest absolute Gasteiger partial charge is 0.0406 e. The lowest BCUT2D eigenvalue weighted by Gasteiger charge is -2.07. The second kappa shape index (κ2) is 6.48. The lowest BCUT2D eigenvalue weighted by Crippen LogP contribution is -2.19. The van der Waals surface area contributed by atoms with Gasteiger partial charge in [0.05, 0.1) is 0 Å². The van der Waals surface area contributed by atoms with E-state index in [9.17, 15) is 0 Å². The van der Waals surface area contributed by atoms with E-state index < -0.39 is 0 Å². The van der Waals surface area contributed by atoms with Crippen molar-refractivity contribution in [1.29, 1.82) is 0 Å². The number of thioether (sulfide) groups is 1. The summed E-state index contributed by atoms with van der Waals surface area (Å²) >= 11 is 7.75. The van der Waals surface area contributed by atoms with Gasteiger partial charge in [-0.15, -0.1) is 0 Å². The SMILES string of the molecule is C=C(CNC1CC1)CSCc1ccc(Cl)cc1. The molecule has 1 nitrogen and oxygen atoms in total. The standard InChI is InChI=1S/C14H18ClNS/c1-11(8-16-14-6-7-14)9-17-10-12-2-4-13(15)5-3-12/h2-5,14,16H,1,6-10H2. The largest absolute Gasteiger partial charge is 0.310 e. The van der Waals surface area contributed by atoms with E-state index in [-0.39, 0.29) is 0 Å². The number of hydrogen-bond donors (Lipinski definition) is 1. The molecule has 0 amide bonds. The zero-order chi connectivity index (χ0) is 12.1. The van der Waals surface area contributed by atoms with Gasteiger partial charge in [0.1, 0.15) is 0 Å². The van der Waals surface area contributed by atoms with Crippen LogP contribution >= 0.6 is 23.4 Å². The molecule has 0 aliphatic heterocycles. The van der Waals surface area contributed by atoms with Gasteiger partial charge in [-0.05, 0) is 30.5 Å². The molecule has 3 heteroatoms. The minimum absolute atomic E-state index is 0.771. The van der Waals surface area contributed by atoms with Crippen molar-refractivity contribution in [2.45, 2.75) is 24.6 Å². The molecule has 0 atom stereocenters. The van der Waals surface area contributed by atoms with Crippen LogP contribution < -0.4 is 5.32 Å². The summed E-state index contributed by atoms with van der Waals surface area (Å²) in [7, 11) is 0. The molecular weight excluding hydrogens is 250 g/mol. The Morgan fingerprint density at radius 2 is 2.06 bits per heavy atom. The molecular formula is C14H18ClNS. The Morgan fingerprint density at radius 1 is 1.35 bits per heavy atom. The van der Waals surface area contributed by atoms with E-state index in [0.29, 0.717) is 0 Å². The fraction of sp³-hybridized carbons (Fsp3) is 0.429. The fourth-order valence-electron chi connectivity index (χ4n) is 1.52. The van der Waals surface area contributed by atoms with E-state index in [1.807, 2.05) is 23.9 Å². The second-order valence-electron chi connectivity index (χ2n) is 4.52. The lowest BCUT2D eigenvalue weighted by molar-refractivity contribution is 0.736. The predicted molar refractivity (Wildman–Crippen MR) is 77.8 cm³/mol. The molecule has 17 heavy (non-hydrogen) atoms. The van der Waals surface area contributed by atoms with Crippen LogP contribution in [-0.2, 0) is 5.75 Å². The summed E-state index contributed by atoms with van der Waals surface area (Å²) in [6.07, 6.45) is 2.68. The van der Waals surface area contributed by atoms with Crippen LogP contribution in [0.1, 0.15) is 18.4 Å². The molecule has 2 rings (SSSR count). The Labute approximate surface area is 113 Å². The van der Waals surface area contributed by atoms with Crippen LogP contribution in [0.4, 0.5) is 0 Å². The van der Waals surface area contributed by atoms with Crippen LogP contribution in [0.2, 0.25) is 5.02 Å². The molecule has 0 aromatic heterocycles. The first kappa shape index (κ1) is 13.0. The Kier molecular flexibility index (Phi) is 4.96. The highest BCUT2D eigenvalue weighted by molar-refractivity contribution is 7.98. The van der Waals surface area contributed by atoms with Crippen LogP contribution in [-0.4, -0.2) is 18.3 Å². The van der Waals surface area contributed by atoms with Gasteiger partial charge in [-0.3, -0.25) is 0 Å². The molecule has 1 aromatic carbocycles. The number of benzene rings is 1. The number of halogens is 1. The van der Waals surface area contributed by atoms with Crippen molar-refractivity contribution in [3.8, 4) is 0 Å². The maximum atomic E-state index is 5.84. The van der Waals surface area contributed by atoms with E-state index >= 15 is 0 Å². The molecule has 0 heterocycles. The average Bonchev–Trinajstić information content (AvgIpc) is 3.13. The first-order valence-electron chi connectivity index (χ1n) is 5.96. The van der Waals surface area contributed by atoms with E-state index in [1.54, 1.807) is 0 Å². The topological polar surface area (TPSA) is 12.0 Å². The van der Waals surface area contributed by atoms with Gasteiger partial charge in [-0.25, -0.2) is 0 Å². The minimum Gasteiger partial charge on any atom is -0.310 e. The summed E-state index contributed by atoms with van der Waals surface area (Å²) in [6.45, 7) is 5.07. The fourth-order valence-corrected chi connectivity index (χ4v) is 2.57. The summed E-state index contributed by atoms with van der Waals surface area (Å²) in [5.41, 5.74) is 2.61. The third-order valence-electron chi connectivity index (χ3n) is 2.71. The molecule has 1 N–H and O–H groups in total. The molecule has 1 aliphatic carbocycles. The number of rotatable bonds is 7. The van der Waals surface area contributed by atoms with Crippen molar-refractivity contribution >= 4 is 23.4 Å². The summed E-state index contributed by atoms with van der Waals surface area (Å²) < 4.78 is 0.